The molecule has 17 heavy (non-hydrogen) atoms. The van der Waals surface area contributed by atoms with Gasteiger partial charge in [0.2, 0.25) is 5.91 Å². The van der Waals surface area contributed by atoms with Crippen LogP contribution in [0.5, 0.6) is 0 Å². The first-order chi connectivity index (χ1) is 7.98. The molecule has 94 valence electrons. The molecule has 1 amide bonds. The summed E-state index contributed by atoms with van der Waals surface area (Å²) in [5, 5.41) is 20.4. The van der Waals surface area contributed by atoms with Crippen molar-refractivity contribution in [2.45, 2.75) is 20.3 Å². The van der Waals surface area contributed by atoms with Gasteiger partial charge in [-0.2, -0.15) is 5.10 Å². The van der Waals surface area contributed by atoms with Crippen LogP contribution in [-0.4, -0.2) is 38.7 Å². The summed E-state index contributed by atoms with van der Waals surface area (Å²) in [5.74, 6) is 0.244. The Morgan fingerprint density at radius 1 is 1.71 bits per heavy atom. The second-order valence-corrected chi connectivity index (χ2v) is 4.05. The molecular weight excluding hydrogens is 224 g/mol. The van der Waals surface area contributed by atoms with Gasteiger partial charge in [-0.15, -0.1) is 0 Å². The second kappa shape index (κ2) is 5.28. The van der Waals surface area contributed by atoms with Crippen molar-refractivity contribution < 1.29 is 10.0 Å². The van der Waals surface area contributed by atoms with Crippen LogP contribution in [0.4, 0.5) is 0 Å². The monoisotopic (exact) mass is 240 g/mol. The van der Waals surface area contributed by atoms with Crippen LogP contribution in [0, 0.1) is 5.41 Å². The average Bonchev–Trinajstić information content (AvgIpc) is 2.80. The average molecular weight is 240 g/mol. The van der Waals surface area contributed by atoms with E-state index in [2.05, 4.69) is 25.7 Å². The molecule has 0 radical (unpaired) electrons. The smallest absolute Gasteiger partial charge is 0.233 e. The molecule has 1 rings (SSSR count). The first-order valence-corrected chi connectivity index (χ1v) is 5.09. The maximum atomic E-state index is 11.8. The van der Waals surface area contributed by atoms with Gasteiger partial charge in [-0.1, -0.05) is 5.16 Å². The largest absolute Gasteiger partial charge is 0.409 e. The molecule has 0 fully saturated rings. The van der Waals surface area contributed by atoms with Gasteiger partial charge in [0.1, 0.15) is 17.6 Å². The highest BCUT2D eigenvalue weighted by molar-refractivity contribution is 6.05. The third-order valence-electron chi connectivity index (χ3n) is 2.43. The van der Waals surface area contributed by atoms with Crippen molar-refractivity contribution in [3.8, 4) is 0 Å². The molecule has 0 unspecified atom stereocenters. The number of aromatic nitrogens is 3. The fourth-order valence-corrected chi connectivity index (χ4v) is 1.11. The topological polar surface area (TPSA) is 129 Å². The lowest BCUT2D eigenvalue weighted by molar-refractivity contribution is -0.126. The van der Waals surface area contributed by atoms with E-state index in [1.807, 2.05) is 0 Å². The summed E-state index contributed by atoms with van der Waals surface area (Å²) < 4.78 is 0. The Hall–Kier alpha value is -2.12. The van der Waals surface area contributed by atoms with E-state index in [0.29, 0.717) is 18.8 Å². The molecular formula is C9H16N6O2. The predicted molar refractivity (Wildman–Crippen MR) is 60.3 cm³/mol. The van der Waals surface area contributed by atoms with E-state index in [-0.39, 0.29) is 11.7 Å². The van der Waals surface area contributed by atoms with Gasteiger partial charge in [0.25, 0.3) is 0 Å². The Kier molecular flexibility index (Phi) is 4.02. The van der Waals surface area contributed by atoms with Crippen molar-refractivity contribution in [3.63, 3.8) is 0 Å². The second-order valence-electron chi connectivity index (χ2n) is 4.05. The van der Waals surface area contributed by atoms with Gasteiger partial charge in [0.05, 0.1) is 0 Å². The van der Waals surface area contributed by atoms with Crippen molar-refractivity contribution in [3.05, 3.63) is 12.2 Å². The maximum absolute atomic E-state index is 11.8. The van der Waals surface area contributed by atoms with Crippen LogP contribution < -0.4 is 11.1 Å². The molecule has 1 aromatic rings. The highest BCUT2D eigenvalue weighted by Gasteiger charge is 2.32. The number of hydrogen-bond acceptors (Lipinski definition) is 5. The quantitative estimate of drug-likeness (QED) is 0.232. The third kappa shape index (κ3) is 3.16. The van der Waals surface area contributed by atoms with E-state index < -0.39 is 5.41 Å². The molecule has 0 aliphatic heterocycles. The molecule has 1 heterocycles. The molecule has 8 nitrogen and oxygen atoms in total. The van der Waals surface area contributed by atoms with Gasteiger partial charge in [0.15, 0.2) is 5.84 Å². The Bertz CT molecular complexity index is 398. The van der Waals surface area contributed by atoms with Crippen LogP contribution in [0.25, 0.3) is 0 Å². The molecule has 1 aromatic heterocycles. The number of H-pyrrole nitrogens is 1. The number of oxime groups is 1. The minimum atomic E-state index is -1.05. The number of nitrogens with zero attached hydrogens (tertiary/aromatic N) is 3. The van der Waals surface area contributed by atoms with E-state index >= 15 is 0 Å². The molecule has 0 saturated carbocycles. The first-order valence-electron chi connectivity index (χ1n) is 5.09. The number of aromatic amines is 1. The minimum Gasteiger partial charge on any atom is -0.409 e. The predicted octanol–water partition coefficient (Wildman–Crippen LogP) is -0.764. The molecule has 0 bridgehead atoms. The summed E-state index contributed by atoms with van der Waals surface area (Å²) in [6.45, 7) is 3.55. The Morgan fingerprint density at radius 2 is 2.41 bits per heavy atom. The minimum absolute atomic E-state index is 0.130. The van der Waals surface area contributed by atoms with Gasteiger partial charge in [-0.25, -0.2) is 4.98 Å². The van der Waals surface area contributed by atoms with Crippen LogP contribution in [-0.2, 0) is 11.2 Å². The van der Waals surface area contributed by atoms with Crippen LogP contribution >= 0.6 is 0 Å². The number of carbonyl (C=O) groups excluding carboxylic acids is 1. The highest BCUT2D eigenvalue weighted by atomic mass is 16.4. The van der Waals surface area contributed by atoms with Crippen LogP contribution in [0.15, 0.2) is 11.5 Å². The molecule has 8 heteroatoms. The summed E-state index contributed by atoms with van der Waals surface area (Å²) >= 11 is 0. The van der Waals surface area contributed by atoms with Crippen molar-refractivity contribution >= 4 is 11.7 Å². The third-order valence-corrected chi connectivity index (χ3v) is 2.43. The molecule has 0 saturated heterocycles. The number of hydrogen-bond donors (Lipinski definition) is 4. The number of carbonyl (C=O) groups is 1. The lowest BCUT2D eigenvalue weighted by Gasteiger charge is -2.21. The lowest BCUT2D eigenvalue weighted by atomic mass is 9.91. The zero-order valence-corrected chi connectivity index (χ0v) is 9.77. The number of amidine groups is 1. The summed E-state index contributed by atoms with van der Waals surface area (Å²) in [6, 6.07) is 0. The molecule has 0 aromatic carbocycles. The Balaban J connectivity index is 2.44. The van der Waals surface area contributed by atoms with E-state index in [1.165, 1.54) is 6.33 Å². The molecule has 5 N–H and O–H groups in total. The van der Waals surface area contributed by atoms with Crippen molar-refractivity contribution in [1.29, 1.82) is 0 Å². The fourth-order valence-electron chi connectivity index (χ4n) is 1.11. The van der Waals surface area contributed by atoms with Gasteiger partial charge in [0, 0.05) is 13.0 Å². The highest BCUT2D eigenvalue weighted by Crippen LogP contribution is 2.14. The normalized spacial score (nSPS) is 12.5. The number of nitrogens with two attached hydrogens (primary N) is 1. The zero-order valence-electron chi connectivity index (χ0n) is 9.77. The van der Waals surface area contributed by atoms with E-state index in [9.17, 15) is 4.79 Å². The van der Waals surface area contributed by atoms with Crippen molar-refractivity contribution in [1.82, 2.24) is 20.5 Å². The molecule has 0 atom stereocenters. The fraction of sp³-hybridized carbons (Fsp3) is 0.556. The standard InChI is InChI=1S/C9H16N6O2/c1-9(2,7(10)15-17)8(16)11-4-3-6-12-5-13-14-6/h5,17H,3-4H2,1-2H3,(H2,10,15)(H,11,16)(H,12,13,14). The molecule has 0 aliphatic carbocycles. The number of amides is 1. The maximum Gasteiger partial charge on any atom is 0.233 e. The lowest BCUT2D eigenvalue weighted by Crippen LogP contribution is -2.46. The van der Waals surface area contributed by atoms with Gasteiger partial charge < -0.3 is 16.3 Å². The van der Waals surface area contributed by atoms with Crippen LogP contribution in [0.1, 0.15) is 19.7 Å². The Labute approximate surface area is 98.3 Å². The van der Waals surface area contributed by atoms with E-state index in [0.717, 1.165) is 0 Å². The SMILES string of the molecule is CC(C)(C(=O)NCCc1ncn[nH]1)C(N)=NO. The zero-order chi connectivity index (χ0) is 12.9. The summed E-state index contributed by atoms with van der Waals surface area (Å²) in [5.41, 5.74) is 4.38. The molecule has 0 aliphatic rings. The Morgan fingerprint density at radius 3 is 2.94 bits per heavy atom. The van der Waals surface area contributed by atoms with E-state index in [4.69, 9.17) is 10.9 Å². The summed E-state index contributed by atoms with van der Waals surface area (Å²) in [7, 11) is 0. The van der Waals surface area contributed by atoms with Gasteiger partial charge in [-0.05, 0) is 13.8 Å². The molecule has 0 spiro atoms. The number of nitrogens with one attached hydrogen (secondary N) is 2. The van der Waals surface area contributed by atoms with Gasteiger partial charge >= 0.3 is 0 Å². The first kappa shape index (κ1) is 12.9. The number of rotatable bonds is 5. The summed E-state index contributed by atoms with van der Waals surface area (Å²) in [6.07, 6.45) is 1.94. The van der Waals surface area contributed by atoms with Crippen molar-refractivity contribution in [2.24, 2.45) is 16.3 Å². The van der Waals surface area contributed by atoms with Crippen molar-refractivity contribution in [2.75, 3.05) is 6.54 Å². The van der Waals surface area contributed by atoms with Crippen LogP contribution in [0.2, 0.25) is 0 Å². The van der Waals surface area contributed by atoms with Crippen LogP contribution in [0.3, 0.4) is 0 Å². The summed E-state index contributed by atoms with van der Waals surface area (Å²) in [4.78, 5) is 15.7. The van der Waals surface area contributed by atoms with Gasteiger partial charge in [-0.3, -0.25) is 9.89 Å². The van der Waals surface area contributed by atoms with E-state index in [1.54, 1.807) is 13.8 Å².